The van der Waals surface area contributed by atoms with Crippen LogP contribution in [-0.2, 0) is 22.1 Å². The largest absolute Gasteiger partial charge is 0.419 e. The van der Waals surface area contributed by atoms with Crippen molar-refractivity contribution in [3.63, 3.8) is 0 Å². The van der Waals surface area contributed by atoms with Crippen LogP contribution in [0.3, 0.4) is 0 Å². The summed E-state index contributed by atoms with van der Waals surface area (Å²) in [4.78, 5) is 4.54. The lowest BCUT2D eigenvalue weighted by molar-refractivity contribution is 0.463. The highest BCUT2D eigenvalue weighted by atomic mass is 32.2. The van der Waals surface area contributed by atoms with E-state index in [1.165, 1.54) is 19.3 Å². The molecule has 1 aliphatic carbocycles. The fourth-order valence-electron chi connectivity index (χ4n) is 3.67. The molecule has 0 amide bonds. The first-order valence-electron chi connectivity index (χ1n) is 9.56. The summed E-state index contributed by atoms with van der Waals surface area (Å²) < 4.78 is 30.5. The van der Waals surface area contributed by atoms with Gasteiger partial charge in [-0.15, -0.1) is 10.2 Å². The van der Waals surface area contributed by atoms with E-state index < -0.39 is 9.84 Å². The molecule has 0 aliphatic heterocycles. The van der Waals surface area contributed by atoms with Crippen molar-refractivity contribution in [2.75, 3.05) is 11.6 Å². The molecule has 0 spiro atoms. The Morgan fingerprint density at radius 2 is 2.00 bits per heavy atom. The van der Waals surface area contributed by atoms with E-state index in [0.29, 0.717) is 11.6 Å². The SMILES string of the molecule is CCn1ncc2c(NC3CCCCC3)c(-c3nnc(CS(C)(=O)=O)o3)cnc21. The minimum absolute atomic E-state index is 0.0745. The Bertz CT molecular complexity index is 1080. The molecule has 1 fully saturated rings. The third kappa shape index (κ3) is 3.87. The lowest BCUT2D eigenvalue weighted by Crippen LogP contribution is -2.22. The first kappa shape index (κ1) is 18.9. The van der Waals surface area contributed by atoms with Gasteiger partial charge in [0.2, 0.25) is 5.89 Å². The molecule has 0 saturated heterocycles. The Kier molecular flexibility index (Phi) is 5.05. The van der Waals surface area contributed by atoms with Gasteiger partial charge in [-0.25, -0.2) is 18.1 Å². The zero-order valence-electron chi connectivity index (χ0n) is 16.1. The van der Waals surface area contributed by atoms with E-state index in [2.05, 4.69) is 25.6 Å². The molecule has 0 unspecified atom stereocenters. The van der Waals surface area contributed by atoms with Crippen molar-refractivity contribution in [1.29, 1.82) is 0 Å². The topological polar surface area (TPSA) is 116 Å². The Morgan fingerprint density at radius 3 is 2.71 bits per heavy atom. The molecule has 0 bridgehead atoms. The van der Waals surface area contributed by atoms with Crippen molar-refractivity contribution in [2.45, 2.75) is 57.4 Å². The first-order chi connectivity index (χ1) is 13.4. The van der Waals surface area contributed by atoms with E-state index in [9.17, 15) is 8.42 Å². The Balaban J connectivity index is 1.77. The average molecular weight is 404 g/mol. The summed E-state index contributed by atoms with van der Waals surface area (Å²) >= 11 is 0. The quantitative estimate of drug-likeness (QED) is 0.667. The summed E-state index contributed by atoms with van der Waals surface area (Å²) in [6, 6.07) is 0.362. The van der Waals surface area contributed by atoms with E-state index in [1.807, 2.05) is 11.6 Å². The number of nitrogens with one attached hydrogen (secondary N) is 1. The number of hydrogen-bond donors (Lipinski definition) is 1. The number of aryl methyl sites for hydroxylation is 1. The second kappa shape index (κ2) is 7.50. The van der Waals surface area contributed by atoms with Crippen LogP contribution in [0.1, 0.15) is 44.9 Å². The van der Waals surface area contributed by atoms with Crippen molar-refractivity contribution >= 4 is 26.6 Å². The summed E-state index contributed by atoms with van der Waals surface area (Å²) in [5, 5.41) is 16.9. The van der Waals surface area contributed by atoms with Gasteiger partial charge in [0, 0.05) is 25.0 Å². The standard InChI is InChI=1S/C18H24N6O3S/c1-3-24-17-13(10-20-24)16(21-12-7-5-4-6-8-12)14(9-19-17)18-23-22-15(27-18)11-28(2,25)26/h9-10,12H,3-8,11H2,1-2H3,(H,19,21). The number of rotatable bonds is 6. The van der Waals surface area contributed by atoms with Crippen LogP contribution in [0.5, 0.6) is 0 Å². The average Bonchev–Trinajstić information content (AvgIpc) is 3.28. The summed E-state index contributed by atoms with van der Waals surface area (Å²) in [7, 11) is -3.25. The summed E-state index contributed by atoms with van der Waals surface area (Å²) in [6.45, 7) is 2.74. The smallest absolute Gasteiger partial charge is 0.251 e. The van der Waals surface area contributed by atoms with E-state index in [-0.39, 0.29) is 17.5 Å². The zero-order chi connectivity index (χ0) is 19.7. The molecule has 3 aromatic rings. The van der Waals surface area contributed by atoms with Gasteiger partial charge in [-0.1, -0.05) is 19.3 Å². The summed E-state index contributed by atoms with van der Waals surface area (Å²) in [5.41, 5.74) is 2.33. The number of anilines is 1. The van der Waals surface area contributed by atoms with Gasteiger partial charge in [0.15, 0.2) is 15.5 Å². The van der Waals surface area contributed by atoms with E-state index in [4.69, 9.17) is 4.42 Å². The van der Waals surface area contributed by atoms with E-state index in [1.54, 1.807) is 12.4 Å². The summed E-state index contributed by atoms with van der Waals surface area (Å²) in [6.07, 6.45) is 10.5. The van der Waals surface area contributed by atoms with Gasteiger partial charge in [0.05, 0.1) is 22.8 Å². The molecular formula is C18H24N6O3S. The normalized spacial score (nSPS) is 15.9. The van der Waals surface area contributed by atoms with Crippen molar-refractivity contribution in [2.24, 2.45) is 0 Å². The second-order valence-electron chi connectivity index (χ2n) is 7.29. The molecule has 28 heavy (non-hydrogen) atoms. The third-order valence-corrected chi connectivity index (χ3v) is 5.77. The number of fused-ring (bicyclic) bond motifs is 1. The van der Waals surface area contributed by atoms with Crippen LogP contribution in [0.4, 0.5) is 5.69 Å². The number of aromatic nitrogens is 5. The lowest BCUT2D eigenvalue weighted by Gasteiger charge is -2.25. The molecule has 10 heteroatoms. The van der Waals surface area contributed by atoms with Gasteiger partial charge < -0.3 is 9.73 Å². The van der Waals surface area contributed by atoms with Gasteiger partial charge in [0.1, 0.15) is 5.75 Å². The van der Waals surface area contributed by atoms with E-state index >= 15 is 0 Å². The van der Waals surface area contributed by atoms with Crippen LogP contribution >= 0.6 is 0 Å². The van der Waals surface area contributed by atoms with Crippen molar-refractivity contribution in [3.05, 3.63) is 18.3 Å². The number of hydrogen-bond acceptors (Lipinski definition) is 8. The highest BCUT2D eigenvalue weighted by Gasteiger charge is 2.22. The molecule has 1 aliphatic rings. The zero-order valence-corrected chi connectivity index (χ0v) is 16.9. The van der Waals surface area contributed by atoms with Gasteiger partial charge in [0.25, 0.3) is 5.89 Å². The predicted octanol–water partition coefficient (Wildman–Crippen LogP) is 2.79. The minimum atomic E-state index is -3.25. The van der Waals surface area contributed by atoms with Crippen LogP contribution in [0.15, 0.2) is 16.8 Å². The predicted molar refractivity (Wildman–Crippen MR) is 106 cm³/mol. The molecule has 0 aromatic carbocycles. The third-order valence-electron chi connectivity index (χ3n) is 5.00. The van der Waals surface area contributed by atoms with Gasteiger partial charge in [-0.3, -0.25) is 0 Å². The monoisotopic (exact) mass is 404 g/mol. The van der Waals surface area contributed by atoms with Crippen LogP contribution in [-0.4, -0.2) is 45.7 Å². The Hall–Kier alpha value is -2.49. The van der Waals surface area contributed by atoms with Crippen LogP contribution < -0.4 is 5.32 Å². The van der Waals surface area contributed by atoms with Gasteiger partial charge >= 0.3 is 0 Å². The molecule has 4 rings (SSSR count). The fraction of sp³-hybridized carbons (Fsp3) is 0.556. The van der Waals surface area contributed by atoms with Crippen LogP contribution in [0.2, 0.25) is 0 Å². The molecule has 1 saturated carbocycles. The van der Waals surface area contributed by atoms with Gasteiger partial charge in [-0.2, -0.15) is 5.10 Å². The number of sulfone groups is 1. The highest BCUT2D eigenvalue weighted by Crippen LogP contribution is 2.35. The molecule has 0 atom stereocenters. The molecular weight excluding hydrogens is 380 g/mol. The van der Waals surface area contributed by atoms with Gasteiger partial charge in [-0.05, 0) is 19.8 Å². The van der Waals surface area contributed by atoms with Crippen LogP contribution in [0.25, 0.3) is 22.5 Å². The molecule has 3 aromatic heterocycles. The second-order valence-corrected chi connectivity index (χ2v) is 9.43. The molecule has 0 radical (unpaired) electrons. The molecule has 150 valence electrons. The molecule has 1 N–H and O–H groups in total. The lowest BCUT2D eigenvalue weighted by atomic mass is 9.95. The Morgan fingerprint density at radius 1 is 1.21 bits per heavy atom. The highest BCUT2D eigenvalue weighted by molar-refractivity contribution is 7.89. The fourth-order valence-corrected chi connectivity index (χ4v) is 4.24. The minimum Gasteiger partial charge on any atom is -0.419 e. The van der Waals surface area contributed by atoms with E-state index in [0.717, 1.165) is 42.4 Å². The maximum atomic E-state index is 11.5. The number of nitrogens with zero attached hydrogens (tertiary/aromatic N) is 5. The number of pyridine rings is 1. The van der Waals surface area contributed by atoms with Crippen molar-refractivity contribution in [1.82, 2.24) is 25.0 Å². The van der Waals surface area contributed by atoms with Crippen molar-refractivity contribution < 1.29 is 12.8 Å². The maximum Gasteiger partial charge on any atom is 0.251 e. The van der Waals surface area contributed by atoms with Crippen LogP contribution in [0, 0.1) is 0 Å². The summed E-state index contributed by atoms with van der Waals surface area (Å²) in [5.74, 6) is 0.0514. The first-order valence-corrected chi connectivity index (χ1v) is 11.6. The Labute approximate surface area is 163 Å². The maximum absolute atomic E-state index is 11.5. The van der Waals surface area contributed by atoms with Crippen molar-refractivity contribution in [3.8, 4) is 11.5 Å². The molecule has 3 heterocycles. The molecule has 9 nitrogen and oxygen atoms in total.